The molecular weight excluding hydrogens is 522 g/mol. The molecule has 41 heavy (non-hydrogen) atoms. The molecule has 214 valence electrons. The first-order valence-corrected chi connectivity index (χ1v) is 13.6. The second kappa shape index (κ2) is 13.5. The number of methoxy groups -OCH3 is 2. The van der Waals surface area contributed by atoms with Gasteiger partial charge in [-0.25, -0.2) is 9.59 Å². The third-order valence-electron chi connectivity index (χ3n) is 6.74. The van der Waals surface area contributed by atoms with Gasteiger partial charge in [-0.1, -0.05) is 61.9 Å². The number of nitrogens with one attached hydrogen (secondary N) is 2. The van der Waals surface area contributed by atoms with E-state index in [1.165, 1.54) is 14.2 Å². The Kier molecular flexibility index (Phi) is 9.63. The maximum absolute atomic E-state index is 13.5. The molecule has 0 radical (unpaired) electrons. The third kappa shape index (κ3) is 6.35. The molecule has 2 N–H and O–H groups in total. The van der Waals surface area contributed by atoms with Crippen LogP contribution in [0.25, 0.3) is 5.70 Å². The summed E-state index contributed by atoms with van der Waals surface area (Å²) in [7, 11) is 2.96. The van der Waals surface area contributed by atoms with E-state index in [1.54, 1.807) is 54.3 Å². The number of ether oxygens (including phenoxy) is 3. The van der Waals surface area contributed by atoms with Crippen LogP contribution < -0.4 is 20.1 Å². The lowest BCUT2D eigenvalue weighted by atomic mass is 9.91. The summed E-state index contributed by atoms with van der Waals surface area (Å²) in [6.07, 6.45) is 1.64. The van der Waals surface area contributed by atoms with E-state index in [0.29, 0.717) is 40.6 Å². The summed E-state index contributed by atoms with van der Waals surface area (Å²) < 4.78 is 16.3. The Morgan fingerprint density at radius 1 is 0.927 bits per heavy atom. The van der Waals surface area contributed by atoms with Gasteiger partial charge in [0.25, 0.3) is 5.91 Å². The summed E-state index contributed by atoms with van der Waals surface area (Å²) in [5, 5.41) is 5.90. The maximum atomic E-state index is 13.5. The van der Waals surface area contributed by atoms with Crippen LogP contribution in [0, 0.1) is 0 Å². The molecule has 0 aromatic heterocycles. The first-order valence-electron chi connectivity index (χ1n) is 13.6. The minimum absolute atomic E-state index is 0.177. The van der Waals surface area contributed by atoms with Crippen molar-refractivity contribution in [3.63, 3.8) is 0 Å². The summed E-state index contributed by atoms with van der Waals surface area (Å²) in [4.78, 5) is 42.0. The zero-order chi connectivity index (χ0) is 29.4. The molecule has 0 saturated heterocycles. The minimum Gasteiger partial charge on any atom is -0.496 e. The molecule has 1 heterocycles. The highest BCUT2D eigenvalue weighted by atomic mass is 16.5. The van der Waals surface area contributed by atoms with E-state index in [1.807, 2.05) is 37.3 Å². The van der Waals surface area contributed by atoms with Gasteiger partial charge in [0.2, 0.25) is 0 Å². The van der Waals surface area contributed by atoms with Gasteiger partial charge in [-0.15, -0.1) is 0 Å². The fraction of sp³-hybridized carbons (Fsp3) is 0.281. The predicted octanol–water partition coefficient (Wildman–Crippen LogP) is 5.80. The van der Waals surface area contributed by atoms with E-state index >= 15 is 0 Å². The molecule has 4 rings (SSSR count). The Hall–Kier alpha value is -4.79. The molecule has 3 aromatic carbocycles. The number of nitrogens with zero attached hydrogens (tertiary/aromatic N) is 1. The number of amides is 3. The Labute approximate surface area is 240 Å². The van der Waals surface area contributed by atoms with Crippen molar-refractivity contribution in [2.75, 3.05) is 32.7 Å². The normalized spacial score (nSPS) is 14.8. The molecule has 3 aromatic rings. The minimum atomic E-state index is -0.813. The van der Waals surface area contributed by atoms with E-state index in [4.69, 9.17) is 14.2 Å². The Morgan fingerprint density at radius 2 is 1.61 bits per heavy atom. The van der Waals surface area contributed by atoms with Crippen molar-refractivity contribution in [2.24, 2.45) is 0 Å². The fourth-order valence-electron chi connectivity index (χ4n) is 4.83. The molecule has 0 bridgehead atoms. The number of carbonyl (C=O) groups excluding carboxylic acids is 3. The molecule has 0 fully saturated rings. The van der Waals surface area contributed by atoms with E-state index in [2.05, 4.69) is 10.6 Å². The summed E-state index contributed by atoms with van der Waals surface area (Å²) >= 11 is 0. The zero-order valence-electron chi connectivity index (χ0n) is 23.7. The molecule has 0 aliphatic carbocycles. The monoisotopic (exact) mass is 557 g/mol. The lowest BCUT2D eigenvalue weighted by molar-refractivity contribution is -0.138. The Bertz CT molecular complexity index is 1410. The highest BCUT2D eigenvalue weighted by Gasteiger charge is 2.38. The third-order valence-corrected chi connectivity index (χ3v) is 6.74. The van der Waals surface area contributed by atoms with Crippen LogP contribution >= 0.6 is 0 Å². The number of benzene rings is 3. The van der Waals surface area contributed by atoms with E-state index < -0.39 is 17.9 Å². The van der Waals surface area contributed by atoms with Crippen LogP contribution in [0.5, 0.6) is 11.5 Å². The molecule has 1 aliphatic rings. The van der Waals surface area contributed by atoms with Crippen LogP contribution in [0.2, 0.25) is 0 Å². The molecule has 1 atom stereocenters. The average molecular weight is 558 g/mol. The van der Waals surface area contributed by atoms with Crippen molar-refractivity contribution in [2.45, 2.75) is 32.7 Å². The van der Waals surface area contributed by atoms with Gasteiger partial charge < -0.3 is 24.8 Å². The van der Waals surface area contributed by atoms with Crippen LogP contribution in [-0.2, 0) is 9.53 Å². The van der Waals surface area contributed by atoms with Crippen molar-refractivity contribution in [3.8, 4) is 11.5 Å². The van der Waals surface area contributed by atoms with Crippen molar-refractivity contribution in [3.05, 3.63) is 95.1 Å². The number of hydrogen-bond acceptors (Lipinski definition) is 6. The van der Waals surface area contributed by atoms with Gasteiger partial charge in [-0.3, -0.25) is 9.69 Å². The Balaban J connectivity index is 1.79. The topological polar surface area (TPSA) is 106 Å². The van der Waals surface area contributed by atoms with Crippen molar-refractivity contribution >= 4 is 29.3 Å². The van der Waals surface area contributed by atoms with Crippen molar-refractivity contribution in [1.29, 1.82) is 0 Å². The second-order valence-electron chi connectivity index (χ2n) is 9.35. The predicted molar refractivity (Wildman–Crippen MR) is 157 cm³/mol. The molecule has 9 heteroatoms. The number of anilines is 1. The zero-order valence-corrected chi connectivity index (χ0v) is 23.7. The largest absolute Gasteiger partial charge is 0.496 e. The fourth-order valence-corrected chi connectivity index (χ4v) is 4.83. The van der Waals surface area contributed by atoms with Crippen LogP contribution in [0.1, 0.15) is 54.2 Å². The van der Waals surface area contributed by atoms with Crippen molar-refractivity contribution < 1.29 is 28.6 Å². The molecule has 3 amide bonds. The number of urea groups is 1. The van der Waals surface area contributed by atoms with Gasteiger partial charge in [0, 0.05) is 12.2 Å². The number of unbranched alkanes of at least 4 members (excludes halogenated alkanes) is 1. The van der Waals surface area contributed by atoms with E-state index in [9.17, 15) is 14.4 Å². The molecule has 1 unspecified atom stereocenters. The SMILES string of the molecule is CCCCN1C(=O)NC(c2cccc(NC(=O)c3c(OC)cccc3OC)c2)C(C(=O)OCC)=C1c1ccccc1. The first-order chi connectivity index (χ1) is 19.9. The van der Waals surface area contributed by atoms with E-state index in [0.717, 1.165) is 18.4 Å². The van der Waals surface area contributed by atoms with Crippen LogP contribution in [0.3, 0.4) is 0 Å². The van der Waals surface area contributed by atoms with Crippen LogP contribution in [0.15, 0.2) is 78.4 Å². The smallest absolute Gasteiger partial charge is 0.338 e. The lowest BCUT2D eigenvalue weighted by Crippen LogP contribution is -2.48. The number of rotatable bonds is 11. The van der Waals surface area contributed by atoms with Gasteiger partial charge in [-0.05, 0) is 48.7 Å². The summed E-state index contributed by atoms with van der Waals surface area (Å²) in [6.45, 7) is 4.41. The van der Waals surface area contributed by atoms with Gasteiger partial charge in [-0.2, -0.15) is 0 Å². The van der Waals surface area contributed by atoms with E-state index in [-0.39, 0.29) is 18.2 Å². The standard InChI is InChI=1S/C32H35N3O6/c1-5-7-19-35-29(21-13-9-8-10-14-21)27(31(37)41-6-2)28(34-32(35)38)22-15-11-16-23(20-22)33-30(36)26-24(39-3)17-12-18-25(26)40-4/h8-18,20,28H,5-7,19H2,1-4H3,(H,33,36)(H,34,38). The molecular formula is C32H35N3O6. The highest BCUT2D eigenvalue weighted by molar-refractivity contribution is 6.08. The second-order valence-corrected chi connectivity index (χ2v) is 9.35. The number of carbonyl (C=O) groups is 3. The number of esters is 1. The van der Waals surface area contributed by atoms with Crippen LogP contribution in [0.4, 0.5) is 10.5 Å². The lowest BCUT2D eigenvalue weighted by Gasteiger charge is -2.37. The molecule has 0 spiro atoms. The summed E-state index contributed by atoms with van der Waals surface area (Å²) in [5.41, 5.74) is 2.89. The maximum Gasteiger partial charge on any atom is 0.338 e. The summed E-state index contributed by atoms with van der Waals surface area (Å²) in [5.74, 6) is -0.221. The van der Waals surface area contributed by atoms with Gasteiger partial charge >= 0.3 is 12.0 Å². The van der Waals surface area contributed by atoms with Gasteiger partial charge in [0.05, 0.1) is 38.1 Å². The Morgan fingerprint density at radius 3 is 2.24 bits per heavy atom. The average Bonchev–Trinajstić information content (AvgIpc) is 3.00. The highest BCUT2D eigenvalue weighted by Crippen LogP contribution is 2.37. The quantitative estimate of drug-likeness (QED) is 0.289. The van der Waals surface area contributed by atoms with Crippen molar-refractivity contribution in [1.82, 2.24) is 10.2 Å². The first kappa shape index (κ1) is 29.2. The number of hydrogen-bond donors (Lipinski definition) is 2. The molecule has 9 nitrogen and oxygen atoms in total. The van der Waals surface area contributed by atoms with Gasteiger partial charge in [0.15, 0.2) is 0 Å². The summed E-state index contributed by atoms with van der Waals surface area (Å²) in [6, 6.07) is 20.3. The molecule has 0 saturated carbocycles. The molecule has 1 aliphatic heterocycles. The van der Waals surface area contributed by atoms with Gasteiger partial charge in [0.1, 0.15) is 17.1 Å². The van der Waals surface area contributed by atoms with Crippen LogP contribution in [-0.4, -0.2) is 50.2 Å².